The van der Waals surface area contributed by atoms with Gasteiger partial charge in [0.1, 0.15) is 0 Å². The second kappa shape index (κ2) is 5.58. The Morgan fingerprint density at radius 1 is 1.33 bits per heavy atom. The molecule has 1 saturated heterocycles. The number of rotatable bonds is 2. The van der Waals surface area contributed by atoms with E-state index in [2.05, 4.69) is 33.1 Å². The van der Waals surface area contributed by atoms with Crippen molar-refractivity contribution in [1.29, 1.82) is 0 Å². The summed E-state index contributed by atoms with van der Waals surface area (Å²) in [6.07, 6.45) is 12.8. The maximum Gasteiger partial charge on any atom is 0.0920 e. The highest BCUT2D eigenvalue weighted by atomic mass is 32.2. The molecule has 0 N–H and O–H groups in total. The lowest BCUT2D eigenvalue weighted by molar-refractivity contribution is 0.263. The van der Waals surface area contributed by atoms with Crippen molar-refractivity contribution < 1.29 is 4.74 Å². The molecule has 104 valence electrons. The van der Waals surface area contributed by atoms with Crippen LogP contribution >= 0.6 is 11.8 Å². The molecule has 2 unspecified atom stereocenters. The average Bonchev–Trinajstić information content (AvgIpc) is 2.92. The molecular formula is C16H28OS. The van der Waals surface area contributed by atoms with Crippen LogP contribution in [0.1, 0.15) is 59.3 Å². The number of ether oxygens (including phenoxy) is 1. The van der Waals surface area contributed by atoms with Gasteiger partial charge in [0, 0.05) is 5.75 Å². The number of epoxide rings is 1. The minimum absolute atomic E-state index is 0.213. The average molecular weight is 268 g/mol. The quantitative estimate of drug-likeness (QED) is 0.526. The molecule has 1 fully saturated rings. The fraction of sp³-hybridized carbons (Fsp3) is 0.875. The second-order valence-corrected chi connectivity index (χ2v) is 7.84. The Morgan fingerprint density at radius 3 is 2.83 bits per heavy atom. The molecule has 1 heterocycles. The van der Waals surface area contributed by atoms with Gasteiger partial charge in [-0.2, -0.15) is 11.8 Å². The molecule has 0 saturated carbocycles. The maximum absolute atomic E-state index is 5.94. The molecule has 0 spiro atoms. The minimum atomic E-state index is 0.213. The molecule has 0 radical (unpaired) electrons. The first-order valence-electron chi connectivity index (χ1n) is 7.30. The van der Waals surface area contributed by atoms with E-state index >= 15 is 0 Å². The molecule has 2 aliphatic rings. The smallest absolute Gasteiger partial charge is 0.0920 e. The monoisotopic (exact) mass is 268 g/mol. The van der Waals surface area contributed by atoms with Crippen LogP contribution in [-0.2, 0) is 4.74 Å². The summed E-state index contributed by atoms with van der Waals surface area (Å²) in [6, 6.07) is 0. The van der Waals surface area contributed by atoms with Crippen molar-refractivity contribution >= 4 is 11.8 Å². The van der Waals surface area contributed by atoms with Gasteiger partial charge >= 0.3 is 0 Å². The fourth-order valence-corrected chi connectivity index (χ4v) is 3.68. The van der Waals surface area contributed by atoms with Crippen molar-refractivity contribution in [2.24, 2.45) is 5.41 Å². The molecular weight excluding hydrogens is 240 g/mol. The van der Waals surface area contributed by atoms with E-state index in [0.29, 0.717) is 11.5 Å². The van der Waals surface area contributed by atoms with Gasteiger partial charge in [-0.05, 0) is 57.1 Å². The van der Waals surface area contributed by atoms with Gasteiger partial charge in [-0.1, -0.05) is 25.5 Å². The topological polar surface area (TPSA) is 12.5 Å². The van der Waals surface area contributed by atoms with Crippen LogP contribution in [0.4, 0.5) is 0 Å². The van der Waals surface area contributed by atoms with E-state index in [-0.39, 0.29) is 5.60 Å². The molecule has 1 aliphatic carbocycles. The van der Waals surface area contributed by atoms with Crippen LogP contribution in [0.3, 0.4) is 0 Å². The molecule has 1 aliphatic heterocycles. The van der Waals surface area contributed by atoms with Crippen LogP contribution in [-0.4, -0.2) is 23.7 Å². The van der Waals surface area contributed by atoms with Crippen molar-refractivity contribution in [2.75, 3.05) is 12.0 Å². The van der Waals surface area contributed by atoms with E-state index in [1.807, 2.05) is 11.8 Å². The van der Waals surface area contributed by atoms with E-state index in [1.54, 1.807) is 5.57 Å². The molecule has 0 aromatic carbocycles. The van der Waals surface area contributed by atoms with E-state index in [0.717, 1.165) is 0 Å². The second-order valence-electron chi connectivity index (χ2n) is 6.98. The zero-order valence-corrected chi connectivity index (χ0v) is 13.2. The lowest BCUT2D eigenvalue weighted by Gasteiger charge is -2.23. The minimum Gasteiger partial charge on any atom is -0.366 e. The summed E-state index contributed by atoms with van der Waals surface area (Å²) >= 11 is 1.95. The van der Waals surface area contributed by atoms with Crippen molar-refractivity contribution in [3.8, 4) is 0 Å². The van der Waals surface area contributed by atoms with Crippen LogP contribution in [0.25, 0.3) is 0 Å². The molecule has 1 nitrogen and oxygen atoms in total. The predicted octanol–water partition coefficient (Wildman–Crippen LogP) is 4.81. The Bertz CT molecular complexity index is 321. The summed E-state index contributed by atoms with van der Waals surface area (Å²) < 4.78 is 5.94. The molecule has 0 aromatic heterocycles. The van der Waals surface area contributed by atoms with E-state index in [1.165, 1.54) is 44.3 Å². The third-order valence-corrected chi connectivity index (χ3v) is 5.22. The Hall–Kier alpha value is 0.0500. The largest absolute Gasteiger partial charge is 0.366 e. The Morgan fingerprint density at radius 2 is 2.11 bits per heavy atom. The van der Waals surface area contributed by atoms with Gasteiger partial charge in [-0.3, -0.25) is 0 Å². The first-order chi connectivity index (χ1) is 8.45. The molecule has 0 amide bonds. The normalized spacial score (nSPS) is 39.1. The Kier molecular flexibility index (Phi) is 4.48. The number of hydrogen-bond acceptors (Lipinski definition) is 2. The van der Waals surface area contributed by atoms with E-state index in [9.17, 15) is 0 Å². The highest BCUT2D eigenvalue weighted by molar-refractivity contribution is 7.98. The van der Waals surface area contributed by atoms with Gasteiger partial charge in [-0.25, -0.2) is 0 Å². The van der Waals surface area contributed by atoms with Gasteiger partial charge in [-0.15, -0.1) is 0 Å². The van der Waals surface area contributed by atoms with Crippen molar-refractivity contribution in [3.63, 3.8) is 0 Å². The molecule has 2 atom stereocenters. The third-order valence-electron chi connectivity index (χ3n) is 4.56. The molecule has 0 aromatic rings. The summed E-state index contributed by atoms with van der Waals surface area (Å²) in [4.78, 5) is 0. The van der Waals surface area contributed by atoms with Gasteiger partial charge in [0.05, 0.1) is 11.7 Å². The summed E-state index contributed by atoms with van der Waals surface area (Å²) in [5.41, 5.74) is 2.30. The van der Waals surface area contributed by atoms with Crippen LogP contribution in [0.15, 0.2) is 11.6 Å². The number of hydrogen-bond donors (Lipinski definition) is 0. The highest BCUT2D eigenvalue weighted by Crippen LogP contribution is 2.45. The summed E-state index contributed by atoms with van der Waals surface area (Å²) in [6.45, 7) is 7.12. The molecule has 18 heavy (non-hydrogen) atoms. The predicted molar refractivity (Wildman–Crippen MR) is 81.2 cm³/mol. The fourth-order valence-electron chi connectivity index (χ4n) is 3.05. The zero-order chi connectivity index (χ0) is 13.2. The van der Waals surface area contributed by atoms with Gasteiger partial charge in [0.15, 0.2) is 0 Å². The van der Waals surface area contributed by atoms with Gasteiger partial charge in [0.25, 0.3) is 0 Å². The summed E-state index contributed by atoms with van der Waals surface area (Å²) in [7, 11) is 0. The van der Waals surface area contributed by atoms with Crippen LogP contribution < -0.4 is 0 Å². The van der Waals surface area contributed by atoms with E-state index < -0.39 is 0 Å². The maximum atomic E-state index is 5.94. The Balaban J connectivity index is 2.03. The molecule has 0 bridgehead atoms. The summed E-state index contributed by atoms with van der Waals surface area (Å²) in [5.74, 6) is 1.19. The van der Waals surface area contributed by atoms with Crippen LogP contribution in [0, 0.1) is 5.41 Å². The van der Waals surface area contributed by atoms with Crippen molar-refractivity contribution in [1.82, 2.24) is 0 Å². The summed E-state index contributed by atoms with van der Waals surface area (Å²) in [5, 5.41) is 0. The lowest BCUT2D eigenvalue weighted by Crippen LogP contribution is -2.13. The standard InChI is InChI=1S/C16H28OS/c1-15(2)9-5-10-16(3)14(17-16)7-6-13(8-11-15)12-18-4/h8,14H,5-7,9-12H2,1-4H3/b13-8-. The van der Waals surface area contributed by atoms with E-state index in [4.69, 9.17) is 4.74 Å². The van der Waals surface area contributed by atoms with Gasteiger partial charge < -0.3 is 4.74 Å². The molecule has 2 heteroatoms. The zero-order valence-electron chi connectivity index (χ0n) is 12.4. The number of fused-ring (bicyclic) bond motifs is 1. The van der Waals surface area contributed by atoms with Crippen molar-refractivity contribution in [2.45, 2.75) is 71.0 Å². The number of allylic oxidation sites excluding steroid dienone is 1. The molecule has 2 rings (SSSR count). The first-order valence-corrected chi connectivity index (χ1v) is 8.69. The first kappa shape index (κ1) is 14.5. The van der Waals surface area contributed by atoms with Gasteiger partial charge in [0.2, 0.25) is 0 Å². The third kappa shape index (κ3) is 3.77. The number of thioether (sulfide) groups is 1. The highest BCUT2D eigenvalue weighted by Gasteiger charge is 2.50. The SMILES string of the molecule is CSC/C1=C\CC(C)(C)CCCC2(C)OC2CC1. The van der Waals surface area contributed by atoms with Crippen molar-refractivity contribution in [3.05, 3.63) is 11.6 Å². The van der Waals surface area contributed by atoms with Crippen LogP contribution in [0.5, 0.6) is 0 Å². The lowest BCUT2D eigenvalue weighted by atomic mass is 9.82. The Labute approximate surface area is 117 Å². The van der Waals surface area contributed by atoms with Crippen LogP contribution in [0.2, 0.25) is 0 Å².